The van der Waals surface area contributed by atoms with Gasteiger partial charge < -0.3 is 5.32 Å². The molecule has 3 nitrogen and oxygen atoms in total. The quantitative estimate of drug-likeness (QED) is 0.845. The fourth-order valence-electron chi connectivity index (χ4n) is 2.63. The normalized spacial score (nSPS) is 14.7. The van der Waals surface area contributed by atoms with E-state index >= 15 is 0 Å². The molecule has 2 aromatic heterocycles. The van der Waals surface area contributed by atoms with Crippen LogP contribution in [0.25, 0.3) is 10.7 Å². The van der Waals surface area contributed by atoms with Crippen molar-refractivity contribution in [1.29, 1.82) is 0 Å². The van der Waals surface area contributed by atoms with Gasteiger partial charge in [-0.1, -0.05) is 18.0 Å². The van der Waals surface area contributed by atoms with Gasteiger partial charge in [0.1, 0.15) is 5.82 Å². The summed E-state index contributed by atoms with van der Waals surface area (Å²) in [6.07, 6.45) is 5.88. The molecule has 0 aromatic carbocycles. The lowest BCUT2D eigenvalue weighted by Crippen LogP contribution is -2.09. The first-order valence-corrected chi connectivity index (χ1v) is 8.36. The summed E-state index contributed by atoms with van der Waals surface area (Å²) >= 11 is 7.56. The predicted octanol–water partition coefficient (Wildman–Crippen LogP) is 4.56. The second-order valence-electron chi connectivity index (χ2n) is 5.02. The third-order valence-corrected chi connectivity index (χ3v) is 4.80. The third kappa shape index (κ3) is 2.81. The number of nitrogens with zero attached hydrogens (tertiary/aromatic N) is 2. The molecule has 0 aliphatic heterocycles. The summed E-state index contributed by atoms with van der Waals surface area (Å²) < 4.78 is 0.781. The van der Waals surface area contributed by atoms with E-state index in [0.29, 0.717) is 0 Å². The summed E-state index contributed by atoms with van der Waals surface area (Å²) in [5, 5.41) is 3.40. The molecule has 2 aromatic rings. The highest BCUT2D eigenvalue weighted by atomic mass is 35.5. The molecule has 2 heterocycles. The van der Waals surface area contributed by atoms with Crippen LogP contribution < -0.4 is 5.32 Å². The van der Waals surface area contributed by atoms with E-state index in [2.05, 4.69) is 12.2 Å². The van der Waals surface area contributed by atoms with Crippen LogP contribution in [0.3, 0.4) is 0 Å². The van der Waals surface area contributed by atoms with E-state index < -0.39 is 0 Å². The molecule has 0 amide bonds. The van der Waals surface area contributed by atoms with Crippen molar-refractivity contribution < 1.29 is 0 Å². The van der Waals surface area contributed by atoms with Gasteiger partial charge in [0, 0.05) is 17.8 Å². The molecular weight excluding hydrogens is 290 g/mol. The van der Waals surface area contributed by atoms with Crippen LogP contribution in [0, 0.1) is 0 Å². The fourth-order valence-corrected chi connectivity index (χ4v) is 3.61. The first-order valence-electron chi connectivity index (χ1n) is 7.17. The van der Waals surface area contributed by atoms with E-state index in [0.717, 1.165) is 40.2 Å². The molecule has 0 bridgehead atoms. The van der Waals surface area contributed by atoms with Crippen LogP contribution in [0.15, 0.2) is 12.1 Å². The van der Waals surface area contributed by atoms with Crippen molar-refractivity contribution in [3.63, 3.8) is 0 Å². The highest BCUT2D eigenvalue weighted by Gasteiger charge is 2.17. The Morgan fingerprint density at radius 3 is 2.80 bits per heavy atom. The molecule has 0 saturated heterocycles. The van der Waals surface area contributed by atoms with Crippen molar-refractivity contribution in [2.45, 2.75) is 39.0 Å². The van der Waals surface area contributed by atoms with Crippen molar-refractivity contribution in [1.82, 2.24) is 9.97 Å². The van der Waals surface area contributed by atoms with Crippen molar-refractivity contribution in [2.24, 2.45) is 0 Å². The Morgan fingerprint density at radius 1 is 1.20 bits per heavy atom. The minimum atomic E-state index is 0.781. The van der Waals surface area contributed by atoms with Crippen LogP contribution in [0.2, 0.25) is 4.34 Å². The monoisotopic (exact) mass is 307 g/mol. The van der Waals surface area contributed by atoms with E-state index in [9.17, 15) is 0 Å². The average Bonchev–Trinajstić information content (AvgIpc) is 2.73. The number of halogens is 1. The van der Waals surface area contributed by atoms with Gasteiger partial charge in [-0.15, -0.1) is 11.3 Å². The molecule has 1 aliphatic carbocycles. The second kappa shape index (κ2) is 6.10. The topological polar surface area (TPSA) is 37.8 Å². The number of aryl methyl sites for hydroxylation is 1. The number of aromatic nitrogens is 2. The number of hydrogen-bond acceptors (Lipinski definition) is 4. The van der Waals surface area contributed by atoms with Gasteiger partial charge in [-0.3, -0.25) is 0 Å². The largest absolute Gasteiger partial charge is 0.370 e. The minimum absolute atomic E-state index is 0.781. The molecule has 106 valence electrons. The van der Waals surface area contributed by atoms with Gasteiger partial charge >= 0.3 is 0 Å². The number of rotatable bonds is 3. The number of thiophene rings is 1. The summed E-state index contributed by atoms with van der Waals surface area (Å²) in [6, 6.07) is 3.91. The third-order valence-electron chi connectivity index (χ3n) is 3.57. The molecular formula is C15H18ClN3S. The van der Waals surface area contributed by atoms with Crippen LogP contribution in [-0.4, -0.2) is 16.5 Å². The number of nitrogens with one attached hydrogen (secondary N) is 1. The first kappa shape index (κ1) is 13.8. The van der Waals surface area contributed by atoms with Crippen LogP contribution in [0.1, 0.15) is 37.4 Å². The van der Waals surface area contributed by atoms with E-state index in [1.54, 1.807) is 0 Å². The van der Waals surface area contributed by atoms with Crippen LogP contribution in [0.5, 0.6) is 0 Å². The minimum Gasteiger partial charge on any atom is -0.370 e. The lowest BCUT2D eigenvalue weighted by molar-refractivity contribution is 0.709. The lowest BCUT2D eigenvalue weighted by atomic mass is 10.1. The highest BCUT2D eigenvalue weighted by molar-refractivity contribution is 7.19. The summed E-state index contributed by atoms with van der Waals surface area (Å²) in [5.74, 6) is 1.82. The van der Waals surface area contributed by atoms with Crippen molar-refractivity contribution in [3.05, 3.63) is 27.7 Å². The van der Waals surface area contributed by atoms with E-state index in [4.69, 9.17) is 21.6 Å². The molecule has 0 unspecified atom stereocenters. The maximum absolute atomic E-state index is 6.03. The first-order chi connectivity index (χ1) is 9.78. The Bertz CT molecular complexity index is 609. The Balaban J connectivity index is 2.08. The summed E-state index contributed by atoms with van der Waals surface area (Å²) in [4.78, 5) is 10.6. The van der Waals surface area contributed by atoms with Gasteiger partial charge in [0.15, 0.2) is 5.82 Å². The summed E-state index contributed by atoms with van der Waals surface area (Å²) in [7, 11) is 0. The van der Waals surface area contributed by atoms with Gasteiger partial charge in [-0.2, -0.15) is 0 Å². The molecule has 20 heavy (non-hydrogen) atoms. The number of fused-ring (bicyclic) bond motifs is 1. The smallest absolute Gasteiger partial charge is 0.171 e. The van der Waals surface area contributed by atoms with Crippen molar-refractivity contribution in [2.75, 3.05) is 11.9 Å². The maximum atomic E-state index is 6.03. The van der Waals surface area contributed by atoms with Crippen LogP contribution >= 0.6 is 22.9 Å². The Kier molecular flexibility index (Phi) is 4.22. The van der Waals surface area contributed by atoms with Gasteiger partial charge in [0.05, 0.1) is 9.21 Å². The van der Waals surface area contributed by atoms with E-state index in [1.165, 1.54) is 41.9 Å². The number of anilines is 1. The van der Waals surface area contributed by atoms with Crippen molar-refractivity contribution in [3.8, 4) is 10.7 Å². The second-order valence-corrected chi connectivity index (χ2v) is 6.73. The summed E-state index contributed by atoms with van der Waals surface area (Å²) in [5.41, 5.74) is 2.53. The molecule has 0 atom stereocenters. The molecule has 0 radical (unpaired) electrons. The zero-order valence-corrected chi connectivity index (χ0v) is 13.2. The van der Waals surface area contributed by atoms with Gasteiger partial charge in [-0.05, 0) is 44.7 Å². The number of hydrogen-bond donors (Lipinski definition) is 1. The highest BCUT2D eigenvalue weighted by Crippen LogP contribution is 2.32. The Hall–Kier alpha value is -1.13. The molecule has 1 N–H and O–H groups in total. The lowest BCUT2D eigenvalue weighted by Gasteiger charge is -2.13. The Labute approximate surface area is 128 Å². The maximum Gasteiger partial charge on any atom is 0.171 e. The zero-order valence-electron chi connectivity index (χ0n) is 11.6. The molecule has 1 aliphatic rings. The standard InChI is InChI=1S/C15H18ClN3S/c1-2-17-14-10-6-4-3-5-7-11(10)18-15(19-14)12-8-9-13(16)20-12/h8-9H,2-7H2,1H3,(H,17,18,19). The van der Waals surface area contributed by atoms with E-state index in [1.807, 2.05) is 12.1 Å². The molecule has 0 fully saturated rings. The molecule has 5 heteroatoms. The summed E-state index contributed by atoms with van der Waals surface area (Å²) in [6.45, 7) is 2.99. The average molecular weight is 308 g/mol. The van der Waals surface area contributed by atoms with Crippen LogP contribution in [-0.2, 0) is 12.8 Å². The zero-order chi connectivity index (χ0) is 13.9. The van der Waals surface area contributed by atoms with Gasteiger partial charge in [0.25, 0.3) is 0 Å². The van der Waals surface area contributed by atoms with Gasteiger partial charge in [-0.25, -0.2) is 9.97 Å². The van der Waals surface area contributed by atoms with Crippen LogP contribution in [0.4, 0.5) is 5.82 Å². The Morgan fingerprint density at radius 2 is 2.05 bits per heavy atom. The predicted molar refractivity (Wildman–Crippen MR) is 85.8 cm³/mol. The molecule has 3 rings (SSSR count). The van der Waals surface area contributed by atoms with E-state index in [-0.39, 0.29) is 0 Å². The molecule has 0 spiro atoms. The fraction of sp³-hybridized carbons (Fsp3) is 0.467. The molecule has 0 saturated carbocycles. The van der Waals surface area contributed by atoms with Gasteiger partial charge in [0.2, 0.25) is 0 Å². The SMILES string of the molecule is CCNc1nc(-c2ccc(Cl)s2)nc2c1CCCCC2. The van der Waals surface area contributed by atoms with Crippen molar-refractivity contribution >= 4 is 28.8 Å².